The summed E-state index contributed by atoms with van der Waals surface area (Å²) in [6, 6.07) is -1.06. The molecule has 0 radical (unpaired) electrons. The van der Waals surface area contributed by atoms with E-state index in [1.165, 1.54) is 6.20 Å². The molecule has 3 unspecified atom stereocenters. The van der Waals surface area contributed by atoms with Crippen molar-refractivity contribution in [1.82, 2.24) is 26.0 Å². The van der Waals surface area contributed by atoms with Gasteiger partial charge in [0, 0.05) is 23.4 Å². The number of nitrogens with zero attached hydrogens (tertiary/aromatic N) is 2. The third-order valence-corrected chi connectivity index (χ3v) is 7.97. The van der Waals surface area contributed by atoms with Crippen LogP contribution in [0.3, 0.4) is 0 Å². The van der Waals surface area contributed by atoms with Crippen LogP contribution in [0.1, 0.15) is 75.1 Å². The molecule has 1 aromatic heterocycles. The van der Waals surface area contributed by atoms with E-state index in [0.717, 1.165) is 32.1 Å². The number of aliphatic imine (C=N–C) groups is 1. The summed E-state index contributed by atoms with van der Waals surface area (Å²) in [5.41, 5.74) is 11.6. The molecule has 1 heterocycles. The van der Waals surface area contributed by atoms with E-state index in [4.69, 9.17) is 11.5 Å². The molecule has 0 bridgehead atoms. The third kappa shape index (κ3) is 12.7. The monoisotopic (exact) mass is 654 g/mol. The first-order chi connectivity index (χ1) is 19.5. The Morgan fingerprint density at radius 1 is 1.02 bits per heavy atom. The molecule has 0 aliphatic heterocycles. The maximum atomic E-state index is 13.6. The van der Waals surface area contributed by atoms with Crippen molar-refractivity contribution in [2.24, 2.45) is 22.4 Å². The molecule has 0 spiro atoms. The summed E-state index contributed by atoms with van der Waals surface area (Å²) >= 11 is 3.32. The molecule has 0 aromatic carbocycles. The number of carbonyl (C=O) groups is 4. The molecular formula is C27H44BrN8O4P. The number of primary amides is 1. The lowest BCUT2D eigenvalue weighted by Gasteiger charge is -2.28. The fourth-order valence-electron chi connectivity index (χ4n) is 4.71. The molecule has 1 aliphatic carbocycles. The van der Waals surface area contributed by atoms with Crippen molar-refractivity contribution >= 4 is 53.6 Å². The SMILES string of the molecule is CCC(NC(=O)C(CCCN=C(N)NP(C)C)NC(=O)C(CC1CCCCC1)NC(=O)c1cncc(Br)c1)C(N)=O. The van der Waals surface area contributed by atoms with E-state index in [2.05, 4.69) is 46.9 Å². The molecule has 1 aromatic rings. The van der Waals surface area contributed by atoms with Gasteiger partial charge in [-0.25, -0.2) is 0 Å². The second kappa shape index (κ2) is 17.9. The summed E-state index contributed by atoms with van der Waals surface area (Å²) in [7, 11) is -0.467. The Bertz CT molecular complexity index is 1070. The molecule has 12 nitrogen and oxygen atoms in total. The number of amides is 4. The summed E-state index contributed by atoms with van der Waals surface area (Å²) in [4.78, 5) is 60.0. The van der Waals surface area contributed by atoms with Gasteiger partial charge in [-0.3, -0.25) is 29.2 Å². The van der Waals surface area contributed by atoms with Crippen LogP contribution < -0.4 is 32.5 Å². The highest BCUT2D eigenvalue weighted by molar-refractivity contribution is 9.10. The first kappa shape index (κ1) is 34.4. The van der Waals surface area contributed by atoms with Gasteiger partial charge >= 0.3 is 0 Å². The van der Waals surface area contributed by atoms with Crippen molar-refractivity contribution < 1.29 is 19.2 Å². The van der Waals surface area contributed by atoms with Crippen LogP contribution in [0, 0.1) is 5.92 Å². The number of carbonyl (C=O) groups excluding carboxylic acids is 4. The van der Waals surface area contributed by atoms with Crippen LogP contribution in [0.2, 0.25) is 0 Å². The van der Waals surface area contributed by atoms with Crippen LogP contribution in [0.4, 0.5) is 0 Å². The lowest BCUT2D eigenvalue weighted by atomic mass is 9.84. The molecule has 14 heteroatoms. The van der Waals surface area contributed by atoms with E-state index < -0.39 is 49.8 Å². The third-order valence-electron chi connectivity index (χ3n) is 6.86. The van der Waals surface area contributed by atoms with E-state index in [1.807, 2.05) is 13.3 Å². The summed E-state index contributed by atoms with van der Waals surface area (Å²) in [5, 5.41) is 11.4. The summed E-state index contributed by atoms with van der Waals surface area (Å²) in [6.07, 6.45) is 9.73. The minimum Gasteiger partial charge on any atom is -0.370 e. The minimum atomic E-state index is -0.965. The summed E-state index contributed by atoms with van der Waals surface area (Å²) in [5.74, 6) is -1.48. The Labute approximate surface area is 252 Å². The minimum absolute atomic E-state index is 0.246. The Morgan fingerprint density at radius 3 is 2.29 bits per heavy atom. The number of pyridine rings is 1. The highest BCUT2D eigenvalue weighted by Gasteiger charge is 2.31. The molecule has 228 valence electrons. The zero-order valence-electron chi connectivity index (χ0n) is 24.1. The molecule has 1 fully saturated rings. The lowest BCUT2D eigenvalue weighted by molar-refractivity contribution is -0.132. The number of nitrogens with two attached hydrogens (primary N) is 2. The van der Waals surface area contributed by atoms with Crippen molar-refractivity contribution in [3.63, 3.8) is 0 Å². The zero-order chi connectivity index (χ0) is 30.4. The van der Waals surface area contributed by atoms with Gasteiger partial charge in [0.15, 0.2) is 5.96 Å². The molecule has 8 N–H and O–H groups in total. The van der Waals surface area contributed by atoms with Crippen molar-refractivity contribution in [3.8, 4) is 0 Å². The van der Waals surface area contributed by atoms with E-state index in [-0.39, 0.29) is 12.3 Å². The van der Waals surface area contributed by atoms with E-state index >= 15 is 0 Å². The Morgan fingerprint density at radius 2 is 1.68 bits per heavy atom. The largest absolute Gasteiger partial charge is 0.370 e. The predicted molar refractivity (Wildman–Crippen MR) is 165 cm³/mol. The van der Waals surface area contributed by atoms with Crippen molar-refractivity contribution in [3.05, 3.63) is 28.5 Å². The molecule has 3 atom stereocenters. The Hall–Kier alpha value is -2.79. The number of hydrogen-bond acceptors (Lipinski definition) is 6. The number of rotatable bonds is 15. The van der Waals surface area contributed by atoms with Crippen LogP contribution in [0.15, 0.2) is 27.9 Å². The molecule has 4 amide bonds. The highest BCUT2D eigenvalue weighted by atomic mass is 79.9. The van der Waals surface area contributed by atoms with Gasteiger partial charge in [-0.05, 0) is 75.0 Å². The molecular weight excluding hydrogens is 611 g/mol. The number of nitrogens with one attached hydrogen (secondary N) is 4. The predicted octanol–water partition coefficient (Wildman–Crippen LogP) is 2.12. The quantitative estimate of drug-likeness (QED) is 0.0721. The van der Waals surface area contributed by atoms with Gasteiger partial charge in [0.05, 0.1) is 5.56 Å². The normalized spacial score (nSPS) is 16.4. The maximum Gasteiger partial charge on any atom is 0.253 e. The first-order valence-corrected chi connectivity index (χ1v) is 17.1. The standard InChI is InChI=1S/C27H44BrN8O4P/c1-4-20(23(29)37)33-25(39)21(11-8-12-32-27(30)36-41(2)3)34-26(40)22(13-17-9-6-5-7-10-17)35-24(38)18-14-19(28)16-31-15-18/h14-17,20-22H,4-13H2,1-3H3,(H2,29,37)(H,33,39)(H,34,40)(H,35,38)(H3,30,32,36). The highest BCUT2D eigenvalue weighted by Crippen LogP contribution is 2.27. The van der Waals surface area contributed by atoms with Crippen molar-refractivity contribution in [2.45, 2.75) is 82.8 Å². The maximum absolute atomic E-state index is 13.6. The van der Waals surface area contributed by atoms with Gasteiger partial charge in [0.1, 0.15) is 18.1 Å². The van der Waals surface area contributed by atoms with Gasteiger partial charge in [0.25, 0.3) is 5.91 Å². The zero-order valence-corrected chi connectivity index (χ0v) is 26.6. The van der Waals surface area contributed by atoms with E-state index in [9.17, 15) is 19.2 Å². The summed E-state index contributed by atoms with van der Waals surface area (Å²) < 4.78 is 0.642. The fraction of sp³-hybridized carbons (Fsp3) is 0.630. The number of halogens is 1. The van der Waals surface area contributed by atoms with Gasteiger partial charge in [-0.2, -0.15) is 0 Å². The van der Waals surface area contributed by atoms with Gasteiger partial charge < -0.3 is 32.5 Å². The van der Waals surface area contributed by atoms with Crippen LogP contribution in [0.25, 0.3) is 0 Å². The van der Waals surface area contributed by atoms with Crippen LogP contribution in [0.5, 0.6) is 0 Å². The van der Waals surface area contributed by atoms with E-state index in [1.54, 1.807) is 19.2 Å². The average Bonchev–Trinajstić information content (AvgIpc) is 2.92. The Kier molecular flexibility index (Phi) is 15.0. The summed E-state index contributed by atoms with van der Waals surface area (Å²) in [6.45, 7) is 6.09. The molecule has 1 aliphatic rings. The van der Waals surface area contributed by atoms with Crippen LogP contribution in [-0.4, -0.2) is 72.6 Å². The average molecular weight is 656 g/mol. The van der Waals surface area contributed by atoms with Gasteiger partial charge in [0.2, 0.25) is 17.7 Å². The van der Waals surface area contributed by atoms with Crippen LogP contribution >= 0.6 is 24.0 Å². The molecule has 2 rings (SSSR count). The van der Waals surface area contributed by atoms with E-state index in [0.29, 0.717) is 41.8 Å². The number of guanidine groups is 1. The number of hydrogen-bond donors (Lipinski definition) is 6. The topological polar surface area (TPSA) is 194 Å². The van der Waals surface area contributed by atoms with Crippen LogP contribution in [-0.2, 0) is 14.4 Å². The van der Waals surface area contributed by atoms with Gasteiger partial charge in [-0.1, -0.05) is 39.0 Å². The molecule has 0 saturated heterocycles. The fourth-order valence-corrected chi connectivity index (χ4v) is 5.61. The molecule has 1 saturated carbocycles. The lowest BCUT2D eigenvalue weighted by Crippen LogP contribution is -2.56. The second-order valence-electron chi connectivity index (χ2n) is 10.5. The first-order valence-electron chi connectivity index (χ1n) is 14.1. The molecule has 41 heavy (non-hydrogen) atoms. The smallest absolute Gasteiger partial charge is 0.253 e. The van der Waals surface area contributed by atoms with Crippen molar-refractivity contribution in [2.75, 3.05) is 19.9 Å². The number of aromatic nitrogens is 1. The Balaban J connectivity index is 2.20. The second-order valence-corrected chi connectivity index (χ2v) is 13.4. The van der Waals surface area contributed by atoms with Crippen molar-refractivity contribution in [1.29, 1.82) is 0 Å². The van der Waals surface area contributed by atoms with Gasteiger partial charge in [-0.15, -0.1) is 0 Å².